The zero-order valence-electron chi connectivity index (χ0n) is 9.55. The maximum atomic E-state index is 5.81. The molecule has 3 atom stereocenters. The Morgan fingerprint density at radius 1 is 1.29 bits per heavy atom. The van der Waals surface area contributed by atoms with E-state index in [1.807, 2.05) is 6.92 Å². The van der Waals surface area contributed by atoms with Crippen molar-refractivity contribution in [3.8, 4) is 11.8 Å². The highest BCUT2D eigenvalue weighted by atomic mass is 14.6. The smallest absolute Gasteiger partial charge is 0.00913 e. The van der Waals surface area contributed by atoms with Crippen LogP contribution in [0.2, 0.25) is 0 Å². The molecule has 80 valence electrons. The fraction of sp³-hybridized carbons (Fsp3) is 0.846. The Kier molecular flexibility index (Phi) is 5.04. The van der Waals surface area contributed by atoms with Gasteiger partial charge >= 0.3 is 0 Å². The monoisotopic (exact) mass is 193 g/mol. The van der Waals surface area contributed by atoms with Gasteiger partial charge in [0.25, 0.3) is 0 Å². The van der Waals surface area contributed by atoms with E-state index in [1.165, 1.54) is 25.7 Å². The lowest BCUT2D eigenvalue weighted by Gasteiger charge is -2.34. The minimum Gasteiger partial charge on any atom is -0.330 e. The van der Waals surface area contributed by atoms with Crippen LogP contribution in [0, 0.1) is 29.6 Å². The third-order valence-electron chi connectivity index (χ3n) is 3.52. The van der Waals surface area contributed by atoms with Crippen molar-refractivity contribution < 1.29 is 0 Å². The summed E-state index contributed by atoms with van der Waals surface area (Å²) in [6, 6.07) is 0. The topological polar surface area (TPSA) is 26.0 Å². The van der Waals surface area contributed by atoms with E-state index < -0.39 is 0 Å². The molecule has 0 amide bonds. The van der Waals surface area contributed by atoms with Gasteiger partial charge in [-0.1, -0.05) is 13.3 Å². The second kappa shape index (κ2) is 6.09. The molecule has 1 aliphatic carbocycles. The number of rotatable bonds is 3. The van der Waals surface area contributed by atoms with Gasteiger partial charge in [-0.15, -0.1) is 11.8 Å². The molecule has 3 unspecified atom stereocenters. The molecule has 0 aliphatic heterocycles. The van der Waals surface area contributed by atoms with Gasteiger partial charge in [0.2, 0.25) is 0 Å². The number of hydrogen-bond acceptors (Lipinski definition) is 1. The third-order valence-corrected chi connectivity index (χ3v) is 3.52. The van der Waals surface area contributed by atoms with Crippen LogP contribution in [0.25, 0.3) is 0 Å². The Balaban J connectivity index is 2.39. The Morgan fingerprint density at radius 3 is 2.71 bits per heavy atom. The van der Waals surface area contributed by atoms with Crippen LogP contribution in [0.15, 0.2) is 0 Å². The van der Waals surface area contributed by atoms with E-state index in [4.69, 9.17) is 5.73 Å². The first-order chi connectivity index (χ1) is 6.77. The first kappa shape index (κ1) is 11.6. The van der Waals surface area contributed by atoms with Crippen molar-refractivity contribution in [3.63, 3.8) is 0 Å². The summed E-state index contributed by atoms with van der Waals surface area (Å²) in [5, 5.41) is 0. The van der Waals surface area contributed by atoms with E-state index in [0.717, 1.165) is 30.7 Å². The summed E-state index contributed by atoms with van der Waals surface area (Å²) in [4.78, 5) is 0. The molecule has 0 saturated heterocycles. The van der Waals surface area contributed by atoms with Gasteiger partial charge < -0.3 is 5.73 Å². The minimum atomic E-state index is 0.768. The molecule has 1 saturated carbocycles. The molecule has 1 fully saturated rings. The standard InChI is InChI=1S/C13H23N/c1-3-4-5-6-12-9-11(2)7-8-13(12)10-14/h11-13H,5-10,14H2,1-2H3. The van der Waals surface area contributed by atoms with Crippen molar-refractivity contribution in [1.82, 2.24) is 0 Å². The van der Waals surface area contributed by atoms with Crippen LogP contribution in [0.1, 0.15) is 46.0 Å². The van der Waals surface area contributed by atoms with Crippen molar-refractivity contribution in [2.45, 2.75) is 46.0 Å². The second-order valence-corrected chi connectivity index (χ2v) is 4.64. The Bertz CT molecular complexity index is 211. The van der Waals surface area contributed by atoms with Crippen LogP contribution >= 0.6 is 0 Å². The Labute approximate surface area is 88.5 Å². The predicted octanol–water partition coefficient (Wildman–Crippen LogP) is 2.80. The van der Waals surface area contributed by atoms with E-state index in [0.29, 0.717) is 0 Å². The first-order valence-electron chi connectivity index (χ1n) is 5.87. The summed E-state index contributed by atoms with van der Waals surface area (Å²) in [5.41, 5.74) is 5.81. The summed E-state index contributed by atoms with van der Waals surface area (Å²) < 4.78 is 0. The molecule has 0 heterocycles. The molecule has 0 aromatic rings. The fourth-order valence-corrected chi connectivity index (χ4v) is 2.61. The SMILES string of the molecule is CC#CCCC1CC(C)CCC1CN. The van der Waals surface area contributed by atoms with E-state index in [2.05, 4.69) is 18.8 Å². The molecule has 1 rings (SSSR count). The van der Waals surface area contributed by atoms with E-state index in [1.54, 1.807) is 0 Å². The van der Waals surface area contributed by atoms with E-state index in [-0.39, 0.29) is 0 Å². The molecule has 0 radical (unpaired) electrons. The molecule has 2 N–H and O–H groups in total. The van der Waals surface area contributed by atoms with Gasteiger partial charge in [0, 0.05) is 6.42 Å². The zero-order chi connectivity index (χ0) is 10.4. The Hall–Kier alpha value is -0.480. The van der Waals surface area contributed by atoms with E-state index in [9.17, 15) is 0 Å². The predicted molar refractivity (Wildman–Crippen MR) is 61.7 cm³/mol. The summed E-state index contributed by atoms with van der Waals surface area (Å²) in [6.45, 7) is 5.16. The van der Waals surface area contributed by atoms with Crippen molar-refractivity contribution in [2.75, 3.05) is 6.54 Å². The summed E-state index contributed by atoms with van der Waals surface area (Å²) in [5.74, 6) is 8.64. The molecule has 1 nitrogen and oxygen atoms in total. The van der Waals surface area contributed by atoms with E-state index >= 15 is 0 Å². The molecule has 0 aromatic carbocycles. The lowest BCUT2D eigenvalue weighted by Crippen LogP contribution is -2.29. The number of nitrogens with two attached hydrogens (primary N) is 1. The van der Waals surface area contributed by atoms with Gasteiger partial charge in [-0.2, -0.15) is 0 Å². The van der Waals surface area contributed by atoms with Crippen LogP contribution in [-0.4, -0.2) is 6.54 Å². The molecular formula is C13H23N. The lowest BCUT2D eigenvalue weighted by atomic mass is 9.73. The van der Waals surface area contributed by atoms with Crippen LogP contribution in [0.4, 0.5) is 0 Å². The van der Waals surface area contributed by atoms with Crippen molar-refractivity contribution in [1.29, 1.82) is 0 Å². The largest absolute Gasteiger partial charge is 0.330 e. The molecule has 1 heteroatoms. The second-order valence-electron chi connectivity index (χ2n) is 4.64. The summed E-state index contributed by atoms with van der Waals surface area (Å²) in [7, 11) is 0. The van der Waals surface area contributed by atoms with Crippen LogP contribution in [0.3, 0.4) is 0 Å². The lowest BCUT2D eigenvalue weighted by molar-refractivity contribution is 0.185. The molecule has 1 aliphatic rings. The Morgan fingerprint density at radius 2 is 2.07 bits per heavy atom. The van der Waals surface area contributed by atoms with Gasteiger partial charge in [0.05, 0.1) is 0 Å². The fourth-order valence-electron chi connectivity index (χ4n) is 2.61. The highest BCUT2D eigenvalue weighted by Crippen LogP contribution is 2.35. The van der Waals surface area contributed by atoms with Crippen molar-refractivity contribution >= 4 is 0 Å². The minimum absolute atomic E-state index is 0.768. The first-order valence-corrected chi connectivity index (χ1v) is 5.87. The molecule has 14 heavy (non-hydrogen) atoms. The van der Waals surface area contributed by atoms with Crippen molar-refractivity contribution in [2.24, 2.45) is 23.5 Å². The van der Waals surface area contributed by atoms with Gasteiger partial charge in [0.1, 0.15) is 0 Å². The maximum Gasteiger partial charge on any atom is 0.00913 e. The maximum absolute atomic E-state index is 5.81. The van der Waals surface area contributed by atoms with Gasteiger partial charge in [-0.05, 0) is 50.5 Å². The van der Waals surface area contributed by atoms with Crippen molar-refractivity contribution in [3.05, 3.63) is 0 Å². The van der Waals surface area contributed by atoms with Crippen LogP contribution in [-0.2, 0) is 0 Å². The molecule has 0 aromatic heterocycles. The highest BCUT2D eigenvalue weighted by Gasteiger charge is 2.26. The average Bonchev–Trinajstić information content (AvgIpc) is 2.19. The molecular weight excluding hydrogens is 170 g/mol. The quantitative estimate of drug-likeness (QED) is 0.685. The van der Waals surface area contributed by atoms with Gasteiger partial charge in [0.15, 0.2) is 0 Å². The molecule has 0 spiro atoms. The summed E-state index contributed by atoms with van der Waals surface area (Å²) >= 11 is 0. The normalized spacial score (nSPS) is 32.1. The summed E-state index contributed by atoms with van der Waals surface area (Å²) in [6.07, 6.45) is 6.39. The van der Waals surface area contributed by atoms with Crippen LogP contribution in [0.5, 0.6) is 0 Å². The van der Waals surface area contributed by atoms with Gasteiger partial charge in [-0.25, -0.2) is 0 Å². The highest BCUT2D eigenvalue weighted by molar-refractivity contribution is 4.95. The van der Waals surface area contributed by atoms with Gasteiger partial charge in [-0.3, -0.25) is 0 Å². The zero-order valence-corrected chi connectivity index (χ0v) is 9.55. The number of hydrogen-bond donors (Lipinski definition) is 1. The van der Waals surface area contributed by atoms with Crippen LogP contribution < -0.4 is 5.73 Å². The average molecular weight is 193 g/mol. The third kappa shape index (κ3) is 3.35. The molecule has 0 bridgehead atoms.